The summed E-state index contributed by atoms with van der Waals surface area (Å²) in [5, 5.41) is 9.28. The normalized spacial score (nSPS) is 12.6. The number of aromatic amines is 1. The summed E-state index contributed by atoms with van der Waals surface area (Å²) in [5.41, 5.74) is 18.2. The maximum absolute atomic E-state index is 6.73. The minimum absolute atomic E-state index is 0.803. The van der Waals surface area contributed by atoms with E-state index in [0.29, 0.717) is 0 Å². The Balaban J connectivity index is 1.15. The van der Waals surface area contributed by atoms with Crippen LogP contribution in [0.1, 0.15) is 0 Å². The number of benzene rings is 9. The van der Waals surface area contributed by atoms with Crippen LogP contribution in [-0.2, 0) is 0 Å². The molecule has 0 saturated carbocycles. The third-order valence-corrected chi connectivity index (χ3v) is 14.0. The van der Waals surface area contributed by atoms with Gasteiger partial charge in [0.05, 0.1) is 33.3 Å². The van der Waals surface area contributed by atoms with Crippen LogP contribution in [0, 0.1) is 0 Å². The van der Waals surface area contributed by atoms with Gasteiger partial charge < -0.3 is 18.7 Å². The quantitative estimate of drug-likeness (QED) is 0.131. The summed E-state index contributed by atoms with van der Waals surface area (Å²) in [6.07, 6.45) is 13.6. The molecule has 0 aliphatic heterocycles. The van der Waals surface area contributed by atoms with Crippen LogP contribution in [-0.4, -0.2) is 9.38 Å². The number of nitrogens with zero attached hydrogens (tertiary/aromatic N) is 2. The van der Waals surface area contributed by atoms with Gasteiger partial charge in [0.1, 0.15) is 5.58 Å². The third-order valence-electron chi connectivity index (χ3n) is 14.0. The van der Waals surface area contributed by atoms with E-state index in [2.05, 4.69) is 216 Å². The predicted octanol–water partition coefficient (Wildman–Crippen LogP) is 18.4. The first-order valence-corrected chi connectivity index (χ1v) is 23.7. The van der Waals surface area contributed by atoms with Gasteiger partial charge in [-0.3, -0.25) is 0 Å². The Hall–Kier alpha value is -9.38. The molecule has 0 unspecified atom stereocenters. The molecule has 0 saturated heterocycles. The maximum atomic E-state index is 6.73. The highest BCUT2D eigenvalue weighted by Gasteiger charge is 2.29. The zero-order chi connectivity index (χ0) is 46.9. The molecule has 0 aliphatic rings. The molecule has 4 heteroatoms. The molecule has 0 atom stereocenters. The van der Waals surface area contributed by atoms with E-state index in [1.54, 1.807) is 6.08 Å². The molecule has 0 spiro atoms. The topological polar surface area (TPSA) is 36.6 Å². The highest BCUT2D eigenvalue weighted by Crippen LogP contribution is 2.53. The standard InChI is InChI=1S/C66H45N3O/c1-4-22-42(5-2)23-18-30-46(6-3)68(56-37-21-34-51-49-31-16-17-38-57(49)70-66(51)56)47-39-40-55-54(41-47)50-33-20-36-53-61-58(44-26-12-8-13-27-44)63-60(59(45-28-14-9-15-29-45)65(61)69(55)64(50)53)52-35-19-32-48(62(52)67-63)43-24-10-7-11-25-43/h4-41,67H,1-3H2/b23-18+,42-22+,46-30+. The van der Waals surface area contributed by atoms with Crippen LogP contribution in [0.2, 0.25) is 0 Å². The fourth-order valence-electron chi connectivity index (χ4n) is 11.1. The Labute approximate surface area is 405 Å². The average molecular weight is 896 g/mol. The summed E-state index contributed by atoms with van der Waals surface area (Å²) < 4.78 is 9.28. The summed E-state index contributed by atoms with van der Waals surface area (Å²) in [5.74, 6) is 0. The summed E-state index contributed by atoms with van der Waals surface area (Å²) in [6.45, 7) is 12.3. The maximum Gasteiger partial charge on any atom is 0.159 e. The summed E-state index contributed by atoms with van der Waals surface area (Å²) in [7, 11) is 0. The number of furan rings is 1. The number of H-pyrrole nitrogens is 1. The van der Waals surface area contributed by atoms with Gasteiger partial charge >= 0.3 is 0 Å². The molecule has 13 rings (SSSR count). The van der Waals surface area contributed by atoms with E-state index >= 15 is 0 Å². The first-order chi connectivity index (χ1) is 34.6. The fraction of sp³-hybridized carbons (Fsp3) is 0. The Kier molecular flexibility index (Phi) is 9.60. The number of allylic oxidation sites excluding steroid dienone is 8. The lowest BCUT2D eigenvalue weighted by atomic mass is 9.89. The molecule has 1 N–H and O–H groups in total. The molecule has 4 heterocycles. The molecule has 9 aromatic carbocycles. The van der Waals surface area contributed by atoms with E-state index in [9.17, 15) is 0 Å². The van der Waals surface area contributed by atoms with Crippen molar-refractivity contribution in [3.8, 4) is 33.4 Å². The Morgan fingerprint density at radius 2 is 1.17 bits per heavy atom. The lowest BCUT2D eigenvalue weighted by molar-refractivity contribution is 0.669. The monoisotopic (exact) mass is 895 g/mol. The smallest absolute Gasteiger partial charge is 0.159 e. The van der Waals surface area contributed by atoms with Gasteiger partial charge in [-0.05, 0) is 64.7 Å². The molecule has 0 bridgehead atoms. The van der Waals surface area contributed by atoms with Crippen molar-refractivity contribution in [1.82, 2.24) is 9.38 Å². The van der Waals surface area contributed by atoms with Crippen molar-refractivity contribution >= 4 is 93.2 Å². The molecule has 70 heavy (non-hydrogen) atoms. The molecule has 0 amide bonds. The van der Waals surface area contributed by atoms with Gasteiger partial charge in [0, 0.05) is 71.2 Å². The summed E-state index contributed by atoms with van der Waals surface area (Å²) >= 11 is 0. The van der Waals surface area contributed by atoms with E-state index in [4.69, 9.17) is 4.42 Å². The minimum Gasteiger partial charge on any atom is -0.454 e. The molecule has 0 radical (unpaired) electrons. The van der Waals surface area contributed by atoms with Crippen LogP contribution >= 0.6 is 0 Å². The van der Waals surface area contributed by atoms with Crippen molar-refractivity contribution in [2.75, 3.05) is 4.90 Å². The minimum atomic E-state index is 0.803. The third kappa shape index (κ3) is 6.17. The zero-order valence-electron chi connectivity index (χ0n) is 38.4. The van der Waals surface area contributed by atoms with Gasteiger partial charge in [0.15, 0.2) is 5.58 Å². The number of anilines is 2. The molecule has 0 fully saturated rings. The van der Waals surface area contributed by atoms with E-state index in [0.717, 1.165) is 72.1 Å². The molecular weight excluding hydrogens is 851 g/mol. The number of rotatable bonds is 11. The number of nitrogens with one attached hydrogen (secondary N) is 1. The molecular formula is C66H45N3O. The predicted molar refractivity (Wildman–Crippen MR) is 299 cm³/mol. The van der Waals surface area contributed by atoms with Crippen molar-refractivity contribution in [3.05, 3.63) is 262 Å². The van der Waals surface area contributed by atoms with E-state index in [1.807, 2.05) is 42.5 Å². The second-order valence-corrected chi connectivity index (χ2v) is 17.8. The van der Waals surface area contributed by atoms with Crippen molar-refractivity contribution in [3.63, 3.8) is 0 Å². The van der Waals surface area contributed by atoms with Crippen LogP contribution in [0.4, 0.5) is 11.4 Å². The van der Waals surface area contributed by atoms with Crippen molar-refractivity contribution in [1.29, 1.82) is 0 Å². The molecule has 4 aromatic heterocycles. The molecule has 4 nitrogen and oxygen atoms in total. The van der Waals surface area contributed by atoms with Gasteiger partial charge in [-0.15, -0.1) is 0 Å². The average Bonchev–Trinajstić information content (AvgIpc) is 4.18. The first-order valence-electron chi connectivity index (χ1n) is 23.7. The van der Waals surface area contributed by atoms with E-state index < -0.39 is 0 Å². The number of aromatic nitrogens is 2. The fourth-order valence-corrected chi connectivity index (χ4v) is 11.1. The van der Waals surface area contributed by atoms with Crippen LogP contribution in [0.3, 0.4) is 0 Å². The molecule has 330 valence electrons. The molecule has 13 aromatic rings. The second kappa shape index (κ2) is 16.4. The zero-order valence-corrected chi connectivity index (χ0v) is 38.4. The van der Waals surface area contributed by atoms with Crippen molar-refractivity contribution < 1.29 is 4.42 Å². The first kappa shape index (κ1) is 40.9. The number of fused-ring (bicyclic) bond motifs is 12. The summed E-state index contributed by atoms with van der Waals surface area (Å²) in [4.78, 5) is 6.36. The SMILES string of the molecule is C=C/C=C(C=C)/C=C/C=C(\C=C)N(c1ccc2c(c1)c1cccc3c4c(-c5ccccc5)c5[nH]c6c(-c7ccccc7)cccc6c5c(-c5ccccc5)c4n2c13)c1cccc2c1oc1ccccc12. The van der Waals surface area contributed by atoms with Crippen molar-refractivity contribution in [2.24, 2.45) is 0 Å². The number of para-hydroxylation sites is 4. The van der Waals surface area contributed by atoms with Crippen LogP contribution in [0.5, 0.6) is 0 Å². The number of hydrogen-bond donors (Lipinski definition) is 1. The Morgan fingerprint density at radius 1 is 0.514 bits per heavy atom. The highest BCUT2D eigenvalue weighted by molar-refractivity contribution is 6.36. The van der Waals surface area contributed by atoms with Gasteiger partial charge in [-0.2, -0.15) is 0 Å². The lowest BCUT2D eigenvalue weighted by Gasteiger charge is -2.26. The Bertz CT molecular complexity index is 4330. The van der Waals surface area contributed by atoms with Crippen LogP contribution < -0.4 is 4.90 Å². The second-order valence-electron chi connectivity index (χ2n) is 17.8. The largest absolute Gasteiger partial charge is 0.454 e. The van der Waals surface area contributed by atoms with E-state index in [-0.39, 0.29) is 0 Å². The van der Waals surface area contributed by atoms with Gasteiger partial charge in [0.2, 0.25) is 0 Å². The van der Waals surface area contributed by atoms with E-state index in [1.165, 1.54) is 65.8 Å². The van der Waals surface area contributed by atoms with Crippen LogP contribution in [0.15, 0.2) is 266 Å². The van der Waals surface area contributed by atoms with Gasteiger partial charge in [-0.25, -0.2) is 0 Å². The van der Waals surface area contributed by atoms with Gasteiger partial charge in [0.25, 0.3) is 0 Å². The van der Waals surface area contributed by atoms with Crippen molar-refractivity contribution in [2.45, 2.75) is 0 Å². The molecule has 0 aliphatic carbocycles. The highest BCUT2D eigenvalue weighted by atomic mass is 16.3. The van der Waals surface area contributed by atoms with Crippen LogP contribution in [0.25, 0.3) is 115 Å². The van der Waals surface area contributed by atoms with Gasteiger partial charge in [-0.1, -0.05) is 208 Å². The summed E-state index contributed by atoms with van der Waals surface area (Å²) in [6, 6.07) is 67.7. The lowest BCUT2D eigenvalue weighted by Crippen LogP contribution is -2.15. The number of hydrogen-bond acceptors (Lipinski definition) is 2. The Morgan fingerprint density at radius 3 is 1.93 bits per heavy atom.